The summed E-state index contributed by atoms with van der Waals surface area (Å²) in [6, 6.07) is 0. The fraction of sp³-hybridized carbons (Fsp3) is 0.667. The van der Waals surface area contributed by atoms with Gasteiger partial charge in [0.25, 0.3) is 0 Å². The highest BCUT2D eigenvalue weighted by atomic mass is 16.6. The third-order valence-electron chi connectivity index (χ3n) is 1.55. The lowest BCUT2D eigenvalue weighted by Gasteiger charge is -2.29. The van der Waals surface area contributed by atoms with Gasteiger partial charge in [0.05, 0.1) is 0 Å². The third kappa shape index (κ3) is 1.30. The first-order chi connectivity index (χ1) is 5.04. The average molecular weight is 162 g/mol. The Balaban J connectivity index is 2.86. The van der Waals surface area contributed by atoms with Crippen LogP contribution in [-0.2, 0) is 4.74 Å². The van der Waals surface area contributed by atoms with Gasteiger partial charge in [-0.2, -0.15) is 0 Å². The highest BCUT2D eigenvalue weighted by Crippen LogP contribution is 2.20. The molecule has 0 radical (unpaired) electrons. The van der Waals surface area contributed by atoms with E-state index in [1.165, 1.54) is 6.92 Å². The zero-order valence-electron chi connectivity index (χ0n) is 5.93. The van der Waals surface area contributed by atoms with Gasteiger partial charge in [0.1, 0.15) is 18.0 Å². The first kappa shape index (κ1) is 8.32. The van der Waals surface area contributed by atoms with Crippen LogP contribution >= 0.6 is 0 Å². The van der Waals surface area contributed by atoms with Crippen LogP contribution in [0.15, 0.2) is 11.5 Å². The molecule has 1 unspecified atom stereocenters. The fourth-order valence-electron chi connectivity index (χ4n) is 0.837. The normalized spacial score (nSPS) is 38.7. The molecular weight excluding hydrogens is 152 g/mol. The van der Waals surface area contributed by atoms with E-state index in [-0.39, 0.29) is 5.76 Å². The van der Waals surface area contributed by atoms with E-state index in [2.05, 4.69) is 4.74 Å². The van der Waals surface area contributed by atoms with E-state index >= 15 is 0 Å². The smallest absolute Gasteiger partial charge is 0.226 e. The summed E-state index contributed by atoms with van der Waals surface area (Å²) in [7, 11) is 0. The Kier molecular flexibility index (Phi) is 2.03. The van der Waals surface area contributed by atoms with Crippen LogP contribution < -0.4 is 0 Å². The van der Waals surface area contributed by atoms with Crippen LogP contribution in [0.2, 0.25) is 0 Å². The molecule has 0 aromatic rings. The monoisotopic (exact) mass is 162 g/mol. The Morgan fingerprint density at radius 3 is 2.36 bits per heavy atom. The maximum atomic E-state index is 8.99. The molecule has 0 fully saturated rings. The summed E-state index contributed by atoms with van der Waals surface area (Å²) in [4.78, 5) is 0. The molecule has 0 amide bonds. The van der Waals surface area contributed by atoms with Crippen LogP contribution in [0.3, 0.4) is 0 Å². The van der Waals surface area contributed by atoms with Crippen LogP contribution in [0.4, 0.5) is 0 Å². The minimum atomic E-state index is -1.49. The van der Waals surface area contributed by atoms with E-state index in [4.69, 9.17) is 20.4 Å². The van der Waals surface area contributed by atoms with Gasteiger partial charge >= 0.3 is 0 Å². The van der Waals surface area contributed by atoms with Crippen molar-refractivity contribution >= 4 is 0 Å². The van der Waals surface area contributed by atoms with Gasteiger partial charge in [-0.15, -0.1) is 0 Å². The Labute approximate surface area is 63.2 Å². The molecule has 1 heterocycles. The van der Waals surface area contributed by atoms with Crippen molar-refractivity contribution in [3.63, 3.8) is 0 Å². The minimum absolute atomic E-state index is 0.0234. The van der Waals surface area contributed by atoms with Crippen molar-refractivity contribution in [2.75, 3.05) is 0 Å². The Hall–Kier alpha value is -0.780. The summed E-state index contributed by atoms with van der Waals surface area (Å²) < 4.78 is 4.56. The molecular formula is C6H10O5. The molecule has 0 aliphatic carbocycles. The SMILES string of the molecule is CC1=C(O)[C@@H](O)[C@H](O)C(O)O1. The third-order valence-corrected chi connectivity index (χ3v) is 1.55. The molecule has 3 atom stereocenters. The first-order valence-electron chi connectivity index (χ1n) is 3.14. The van der Waals surface area contributed by atoms with E-state index in [0.717, 1.165) is 0 Å². The summed E-state index contributed by atoms with van der Waals surface area (Å²) in [6.45, 7) is 1.38. The van der Waals surface area contributed by atoms with Crippen LogP contribution in [0.25, 0.3) is 0 Å². The molecule has 0 saturated carbocycles. The molecule has 1 rings (SSSR count). The Morgan fingerprint density at radius 2 is 1.82 bits per heavy atom. The van der Waals surface area contributed by atoms with Gasteiger partial charge in [0.2, 0.25) is 6.29 Å². The number of aliphatic hydroxyl groups is 4. The second kappa shape index (κ2) is 2.69. The molecule has 64 valence electrons. The van der Waals surface area contributed by atoms with Gasteiger partial charge in [-0.05, 0) is 6.92 Å². The molecule has 0 aromatic heterocycles. The molecule has 0 bridgehead atoms. The number of rotatable bonds is 0. The Bertz CT molecular complexity index is 187. The first-order valence-corrected chi connectivity index (χ1v) is 3.14. The highest BCUT2D eigenvalue weighted by Gasteiger charge is 2.35. The molecule has 5 nitrogen and oxygen atoms in total. The van der Waals surface area contributed by atoms with Gasteiger partial charge in [0, 0.05) is 0 Å². The molecule has 11 heavy (non-hydrogen) atoms. The molecule has 1 aliphatic heterocycles. The molecule has 0 aromatic carbocycles. The second-order valence-electron chi connectivity index (χ2n) is 2.39. The highest BCUT2D eigenvalue weighted by molar-refractivity contribution is 5.09. The van der Waals surface area contributed by atoms with Gasteiger partial charge < -0.3 is 25.2 Å². The zero-order valence-corrected chi connectivity index (χ0v) is 5.93. The van der Waals surface area contributed by atoms with Crippen LogP contribution in [0.1, 0.15) is 6.92 Å². The lowest BCUT2D eigenvalue weighted by molar-refractivity contribution is -0.186. The molecule has 4 N–H and O–H groups in total. The standard InChI is InChI=1S/C6H10O5/c1-2-3(7)4(8)5(9)6(10)11-2/h4-10H,1H3/t4-,5+,6?/m1/s1. The fourth-order valence-corrected chi connectivity index (χ4v) is 0.837. The van der Waals surface area contributed by atoms with Crippen molar-refractivity contribution in [3.8, 4) is 0 Å². The van der Waals surface area contributed by atoms with Gasteiger partial charge in [0.15, 0.2) is 5.76 Å². The summed E-state index contributed by atoms with van der Waals surface area (Å²) in [5.41, 5.74) is 0. The van der Waals surface area contributed by atoms with Crippen LogP contribution in [0, 0.1) is 0 Å². The predicted molar refractivity (Wildman–Crippen MR) is 34.4 cm³/mol. The molecule has 0 saturated heterocycles. The van der Waals surface area contributed by atoms with E-state index in [0.29, 0.717) is 0 Å². The summed E-state index contributed by atoms with van der Waals surface area (Å²) >= 11 is 0. The summed E-state index contributed by atoms with van der Waals surface area (Å²) in [5, 5.41) is 35.7. The molecule has 5 heteroatoms. The lowest BCUT2D eigenvalue weighted by atomic mass is 10.1. The summed E-state index contributed by atoms with van der Waals surface area (Å²) in [6.07, 6.45) is -4.42. The zero-order chi connectivity index (χ0) is 8.59. The van der Waals surface area contributed by atoms with E-state index in [1.807, 2.05) is 0 Å². The maximum absolute atomic E-state index is 8.99. The second-order valence-corrected chi connectivity index (χ2v) is 2.39. The van der Waals surface area contributed by atoms with Crippen molar-refractivity contribution in [2.45, 2.75) is 25.4 Å². The summed E-state index contributed by atoms with van der Waals surface area (Å²) in [5.74, 6) is -0.418. The largest absolute Gasteiger partial charge is 0.506 e. The van der Waals surface area contributed by atoms with Crippen molar-refractivity contribution < 1.29 is 25.2 Å². The van der Waals surface area contributed by atoms with E-state index in [1.54, 1.807) is 0 Å². The van der Waals surface area contributed by atoms with Crippen molar-refractivity contribution in [1.29, 1.82) is 0 Å². The molecule has 1 aliphatic rings. The van der Waals surface area contributed by atoms with E-state index < -0.39 is 24.3 Å². The van der Waals surface area contributed by atoms with Crippen molar-refractivity contribution in [2.24, 2.45) is 0 Å². The lowest BCUT2D eigenvalue weighted by Crippen LogP contribution is -2.43. The number of ether oxygens (including phenoxy) is 1. The Morgan fingerprint density at radius 1 is 1.27 bits per heavy atom. The number of allylic oxidation sites excluding steroid dienone is 1. The topological polar surface area (TPSA) is 90.2 Å². The van der Waals surface area contributed by atoms with Crippen molar-refractivity contribution in [1.82, 2.24) is 0 Å². The number of hydrogen-bond acceptors (Lipinski definition) is 5. The average Bonchev–Trinajstić information content (AvgIpc) is 1.97. The van der Waals surface area contributed by atoms with Gasteiger partial charge in [-0.3, -0.25) is 0 Å². The van der Waals surface area contributed by atoms with Crippen molar-refractivity contribution in [3.05, 3.63) is 11.5 Å². The quantitative estimate of drug-likeness (QED) is 0.361. The van der Waals surface area contributed by atoms with Gasteiger partial charge in [-0.25, -0.2) is 0 Å². The van der Waals surface area contributed by atoms with Crippen LogP contribution in [-0.4, -0.2) is 38.9 Å². The van der Waals surface area contributed by atoms with Gasteiger partial charge in [-0.1, -0.05) is 0 Å². The maximum Gasteiger partial charge on any atom is 0.226 e. The minimum Gasteiger partial charge on any atom is -0.506 e. The molecule has 0 spiro atoms. The number of aliphatic hydroxyl groups excluding tert-OH is 4. The van der Waals surface area contributed by atoms with Crippen LogP contribution in [0.5, 0.6) is 0 Å². The number of hydrogen-bond donors (Lipinski definition) is 4. The van der Waals surface area contributed by atoms with E-state index in [9.17, 15) is 0 Å². The predicted octanol–water partition coefficient (Wildman–Crippen LogP) is -1.15.